The van der Waals surface area contributed by atoms with Crippen LogP contribution in [0.5, 0.6) is 0 Å². The molecule has 3 fully saturated rings. The second-order valence-electron chi connectivity index (χ2n) is 8.09. The van der Waals surface area contributed by atoms with Crippen molar-refractivity contribution in [1.82, 2.24) is 5.32 Å². The molecule has 0 saturated heterocycles. The van der Waals surface area contributed by atoms with Gasteiger partial charge in [0.15, 0.2) is 0 Å². The minimum atomic E-state index is -0.462. The normalized spacial score (nSPS) is 33.0. The van der Waals surface area contributed by atoms with Gasteiger partial charge in [-0.2, -0.15) is 0 Å². The molecule has 0 radical (unpaired) electrons. The predicted molar refractivity (Wildman–Crippen MR) is 80.3 cm³/mol. The van der Waals surface area contributed by atoms with Crippen LogP contribution in [0.25, 0.3) is 0 Å². The van der Waals surface area contributed by atoms with Crippen molar-refractivity contribution in [3.05, 3.63) is 0 Å². The molecule has 4 atom stereocenters. The van der Waals surface area contributed by atoms with E-state index in [-0.39, 0.29) is 12.1 Å². The molecule has 0 aromatic rings. The Morgan fingerprint density at radius 1 is 1.40 bits per heavy atom. The van der Waals surface area contributed by atoms with Crippen LogP contribution in [0.4, 0.5) is 4.79 Å². The van der Waals surface area contributed by atoms with Gasteiger partial charge in [-0.1, -0.05) is 13.8 Å². The molecule has 0 aliphatic heterocycles. The fourth-order valence-electron chi connectivity index (χ4n) is 4.15. The number of alkyl carbamates (subject to hydrolysis) is 1. The second kappa shape index (κ2) is 5.21. The quantitative estimate of drug-likeness (QED) is 0.836. The summed E-state index contributed by atoms with van der Waals surface area (Å²) in [6.45, 7) is 10.8. The van der Waals surface area contributed by atoms with Crippen LogP contribution in [-0.4, -0.2) is 24.3 Å². The minimum absolute atomic E-state index is 0.0374. The molecule has 1 amide bonds. The summed E-state index contributed by atoms with van der Waals surface area (Å²) in [7, 11) is 0. The summed E-state index contributed by atoms with van der Waals surface area (Å²) in [5.74, 6) is 2.04. The van der Waals surface area contributed by atoms with E-state index in [0.29, 0.717) is 23.8 Å². The number of carbonyl (C=O) groups is 1. The van der Waals surface area contributed by atoms with Crippen LogP contribution >= 0.6 is 0 Å². The first kappa shape index (κ1) is 15.6. The second-order valence-corrected chi connectivity index (χ2v) is 8.09. The third-order valence-electron chi connectivity index (χ3n) is 5.38. The lowest BCUT2D eigenvalue weighted by atomic mass is 9.44. The summed E-state index contributed by atoms with van der Waals surface area (Å²) in [6, 6.07) is 0.0374. The molecule has 3 N–H and O–H groups in total. The van der Waals surface area contributed by atoms with Crippen molar-refractivity contribution < 1.29 is 9.53 Å². The van der Waals surface area contributed by atoms with Crippen molar-refractivity contribution in [2.75, 3.05) is 6.54 Å². The lowest BCUT2D eigenvalue weighted by molar-refractivity contribution is -0.113. The molecule has 0 aromatic carbocycles. The fourth-order valence-corrected chi connectivity index (χ4v) is 4.15. The van der Waals surface area contributed by atoms with Gasteiger partial charge in [-0.3, -0.25) is 0 Å². The molecule has 0 spiro atoms. The zero-order valence-electron chi connectivity index (χ0n) is 13.5. The average molecular weight is 282 g/mol. The highest BCUT2D eigenvalue weighted by Gasteiger charge is 2.55. The number of fused-ring (bicyclic) bond motifs is 2. The maximum atomic E-state index is 12.0. The van der Waals surface area contributed by atoms with Gasteiger partial charge in [0.25, 0.3) is 0 Å². The van der Waals surface area contributed by atoms with Crippen LogP contribution in [0.2, 0.25) is 0 Å². The molecule has 0 aromatic heterocycles. The van der Waals surface area contributed by atoms with Crippen molar-refractivity contribution in [2.24, 2.45) is 28.9 Å². The van der Waals surface area contributed by atoms with Crippen molar-refractivity contribution in [3.63, 3.8) is 0 Å². The number of rotatable bonds is 3. The van der Waals surface area contributed by atoms with Gasteiger partial charge in [0.2, 0.25) is 0 Å². The molecular formula is C16H30N2O2. The van der Waals surface area contributed by atoms with E-state index in [1.807, 2.05) is 20.8 Å². The SMILES string of the molecule is CC(C)(C)OC(=O)NC(CN)C1CC[C@H]2C[C@@H]1C2(C)C. The zero-order chi connectivity index (χ0) is 15.1. The van der Waals surface area contributed by atoms with Crippen LogP contribution < -0.4 is 11.1 Å². The molecule has 3 aliphatic carbocycles. The van der Waals surface area contributed by atoms with Gasteiger partial charge in [-0.15, -0.1) is 0 Å². The van der Waals surface area contributed by atoms with Gasteiger partial charge in [0.1, 0.15) is 5.60 Å². The van der Waals surface area contributed by atoms with Crippen LogP contribution in [0, 0.1) is 23.2 Å². The van der Waals surface area contributed by atoms with E-state index >= 15 is 0 Å². The lowest BCUT2D eigenvalue weighted by Gasteiger charge is -2.61. The summed E-state index contributed by atoms with van der Waals surface area (Å²) < 4.78 is 5.36. The van der Waals surface area contributed by atoms with E-state index in [1.54, 1.807) is 0 Å². The van der Waals surface area contributed by atoms with Gasteiger partial charge < -0.3 is 15.8 Å². The number of hydrogen-bond acceptors (Lipinski definition) is 3. The Kier molecular flexibility index (Phi) is 4.07. The molecule has 20 heavy (non-hydrogen) atoms. The Balaban J connectivity index is 1.97. The lowest BCUT2D eigenvalue weighted by Crippen LogP contribution is -2.59. The van der Waals surface area contributed by atoms with Crippen LogP contribution in [-0.2, 0) is 4.74 Å². The predicted octanol–water partition coefficient (Wildman–Crippen LogP) is 2.91. The number of ether oxygens (including phenoxy) is 1. The molecule has 116 valence electrons. The topological polar surface area (TPSA) is 64.3 Å². The Bertz CT molecular complexity index is 371. The minimum Gasteiger partial charge on any atom is -0.444 e. The van der Waals surface area contributed by atoms with Crippen molar-refractivity contribution in [1.29, 1.82) is 0 Å². The third-order valence-corrected chi connectivity index (χ3v) is 5.38. The number of carbonyl (C=O) groups excluding carboxylic acids is 1. The zero-order valence-corrected chi connectivity index (χ0v) is 13.5. The molecule has 3 saturated carbocycles. The Morgan fingerprint density at radius 2 is 2.05 bits per heavy atom. The Labute approximate surface area is 122 Å². The largest absolute Gasteiger partial charge is 0.444 e. The number of hydrogen-bond donors (Lipinski definition) is 2. The first-order valence-electron chi connectivity index (χ1n) is 7.84. The highest BCUT2D eigenvalue weighted by Crippen LogP contribution is 2.61. The van der Waals surface area contributed by atoms with E-state index in [4.69, 9.17) is 10.5 Å². The van der Waals surface area contributed by atoms with E-state index < -0.39 is 5.60 Å². The Morgan fingerprint density at radius 3 is 2.50 bits per heavy atom. The summed E-state index contributed by atoms with van der Waals surface area (Å²) >= 11 is 0. The highest BCUT2D eigenvalue weighted by atomic mass is 16.6. The molecule has 3 aliphatic rings. The molecule has 0 heterocycles. The van der Waals surface area contributed by atoms with Gasteiger partial charge in [0, 0.05) is 12.6 Å². The fraction of sp³-hybridized carbons (Fsp3) is 0.938. The third kappa shape index (κ3) is 2.95. The average Bonchev–Trinajstić information content (AvgIpc) is 2.33. The first-order chi connectivity index (χ1) is 9.15. The summed E-state index contributed by atoms with van der Waals surface area (Å²) in [5.41, 5.74) is 5.86. The summed E-state index contributed by atoms with van der Waals surface area (Å²) in [6.07, 6.45) is 3.40. The van der Waals surface area contributed by atoms with Gasteiger partial charge in [-0.25, -0.2) is 4.79 Å². The van der Waals surface area contributed by atoms with Gasteiger partial charge in [-0.05, 0) is 63.2 Å². The van der Waals surface area contributed by atoms with Crippen LogP contribution in [0.15, 0.2) is 0 Å². The standard InChI is InChI=1S/C16H30N2O2/c1-15(2,3)20-14(19)18-13(9-17)11-7-6-10-8-12(11)16(10,4)5/h10-13H,6-9,17H2,1-5H3,(H,18,19)/t10-,11?,12-,13?/m0/s1. The monoisotopic (exact) mass is 282 g/mol. The highest BCUT2D eigenvalue weighted by molar-refractivity contribution is 5.68. The molecule has 3 rings (SSSR count). The molecule has 4 heteroatoms. The van der Waals surface area contributed by atoms with E-state index in [1.165, 1.54) is 19.3 Å². The van der Waals surface area contributed by atoms with E-state index in [2.05, 4.69) is 19.2 Å². The van der Waals surface area contributed by atoms with Crippen molar-refractivity contribution in [2.45, 2.75) is 65.5 Å². The molecule has 2 bridgehead atoms. The first-order valence-corrected chi connectivity index (χ1v) is 7.84. The van der Waals surface area contributed by atoms with Gasteiger partial charge >= 0.3 is 6.09 Å². The van der Waals surface area contributed by atoms with Crippen LogP contribution in [0.3, 0.4) is 0 Å². The maximum absolute atomic E-state index is 12.0. The maximum Gasteiger partial charge on any atom is 0.407 e. The smallest absolute Gasteiger partial charge is 0.407 e. The van der Waals surface area contributed by atoms with Crippen molar-refractivity contribution in [3.8, 4) is 0 Å². The summed E-state index contributed by atoms with van der Waals surface area (Å²) in [4.78, 5) is 12.0. The van der Waals surface area contributed by atoms with Crippen LogP contribution in [0.1, 0.15) is 53.9 Å². The number of nitrogens with one attached hydrogen (secondary N) is 1. The molecular weight excluding hydrogens is 252 g/mol. The number of nitrogens with two attached hydrogens (primary N) is 1. The summed E-state index contributed by atoms with van der Waals surface area (Å²) in [5, 5.41) is 3.00. The Hall–Kier alpha value is -0.770. The van der Waals surface area contributed by atoms with Gasteiger partial charge in [0.05, 0.1) is 0 Å². The molecule has 4 nitrogen and oxygen atoms in total. The van der Waals surface area contributed by atoms with E-state index in [9.17, 15) is 4.79 Å². The number of amides is 1. The van der Waals surface area contributed by atoms with Crippen molar-refractivity contribution >= 4 is 6.09 Å². The molecule has 2 unspecified atom stereocenters. The van der Waals surface area contributed by atoms with E-state index in [0.717, 1.165) is 5.92 Å².